The lowest BCUT2D eigenvalue weighted by Gasteiger charge is -2.36. The summed E-state index contributed by atoms with van der Waals surface area (Å²) in [6.07, 6.45) is 10.4. The van der Waals surface area contributed by atoms with Gasteiger partial charge in [0.1, 0.15) is 0 Å². The van der Waals surface area contributed by atoms with E-state index in [1.165, 1.54) is 30.5 Å². The Morgan fingerprint density at radius 3 is 2.74 bits per heavy atom. The molecule has 0 aliphatic carbocycles. The van der Waals surface area contributed by atoms with E-state index < -0.39 is 9.84 Å². The highest BCUT2D eigenvalue weighted by molar-refractivity contribution is 8.20. The van der Waals surface area contributed by atoms with Gasteiger partial charge in [0.05, 0.1) is 14.7 Å². The van der Waals surface area contributed by atoms with E-state index in [0.717, 1.165) is 19.5 Å². The van der Waals surface area contributed by atoms with Crippen molar-refractivity contribution in [1.29, 1.82) is 0 Å². The third kappa shape index (κ3) is 5.62. The van der Waals surface area contributed by atoms with Crippen LogP contribution in [0.5, 0.6) is 0 Å². The molecular formula is C24H32N2O2S3. The van der Waals surface area contributed by atoms with Crippen molar-refractivity contribution < 1.29 is 8.42 Å². The molecule has 1 aromatic rings. The first-order chi connectivity index (χ1) is 14.9. The van der Waals surface area contributed by atoms with E-state index in [0.29, 0.717) is 16.7 Å². The van der Waals surface area contributed by atoms with Gasteiger partial charge in [-0.3, -0.25) is 4.90 Å². The zero-order valence-electron chi connectivity index (χ0n) is 18.4. The lowest BCUT2D eigenvalue weighted by atomic mass is 10.0. The maximum Gasteiger partial charge on any atom is 0.179 e. The molecule has 0 radical (unpaired) electrons. The van der Waals surface area contributed by atoms with E-state index in [-0.39, 0.29) is 9.83 Å². The van der Waals surface area contributed by atoms with Gasteiger partial charge in [-0.15, -0.1) is 23.5 Å². The Morgan fingerprint density at radius 2 is 2.06 bits per heavy atom. The van der Waals surface area contributed by atoms with Crippen LogP contribution in [0, 0.1) is 0 Å². The molecule has 1 fully saturated rings. The lowest BCUT2D eigenvalue weighted by Crippen LogP contribution is -2.37. The van der Waals surface area contributed by atoms with Crippen LogP contribution in [0.1, 0.15) is 26.2 Å². The van der Waals surface area contributed by atoms with Gasteiger partial charge >= 0.3 is 0 Å². The summed E-state index contributed by atoms with van der Waals surface area (Å²) in [5, 5.41) is 2.26. The molecule has 3 aliphatic rings. The van der Waals surface area contributed by atoms with Crippen LogP contribution in [-0.2, 0) is 9.84 Å². The summed E-state index contributed by atoms with van der Waals surface area (Å²) in [4.78, 5) is 5.31. The summed E-state index contributed by atoms with van der Waals surface area (Å²) in [5.74, 6) is 0.786. The molecule has 0 spiro atoms. The molecule has 0 N–H and O–H groups in total. The van der Waals surface area contributed by atoms with Gasteiger partial charge < -0.3 is 4.90 Å². The number of rotatable bonds is 8. The summed E-state index contributed by atoms with van der Waals surface area (Å²) < 4.78 is 25.4. The zero-order valence-corrected chi connectivity index (χ0v) is 20.8. The van der Waals surface area contributed by atoms with Crippen LogP contribution in [0.25, 0.3) is 0 Å². The normalized spacial score (nSPS) is 26.9. The van der Waals surface area contributed by atoms with Crippen molar-refractivity contribution in [2.75, 3.05) is 38.2 Å². The van der Waals surface area contributed by atoms with Crippen LogP contribution in [-0.4, -0.2) is 66.5 Å². The SMILES string of the molecule is CC1=CSC(CN2C=C(C3CCCN3C)C=CC2)(SCCS(=O)(=O)c2ccccc2)C1. The molecule has 7 heteroatoms. The topological polar surface area (TPSA) is 40.6 Å². The average molecular weight is 477 g/mol. The van der Waals surface area contributed by atoms with E-state index >= 15 is 0 Å². The first-order valence-electron chi connectivity index (χ1n) is 10.9. The molecule has 3 aliphatic heterocycles. The molecular weight excluding hydrogens is 444 g/mol. The molecule has 0 bridgehead atoms. The van der Waals surface area contributed by atoms with Gasteiger partial charge in [-0.05, 0) is 62.9 Å². The number of likely N-dealkylation sites (tertiary alicyclic amines) is 1. The zero-order chi connectivity index (χ0) is 21.9. The number of nitrogens with zero attached hydrogens (tertiary/aromatic N) is 2. The van der Waals surface area contributed by atoms with Gasteiger partial charge in [0, 0.05) is 31.1 Å². The van der Waals surface area contributed by atoms with Crippen LogP contribution in [0.15, 0.2) is 70.1 Å². The monoisotopic (exact) mass is 476 g/mol. The molecule has 2 atom stereocenters. The van der Waals surface area contributed by atoms with Crippen molar-refractivity contribution in [2.45, 2.75) is 41.2 Å². The van der Waals surface area contributed by atoms with E-state index in [1.807, 2.05) is 29.6 Å². The fourth-order valence-electron chi connectivity index (χ4n) is 4.60. The van der Waals surface area contributed by atoms with Crippen molar-refractivity contribution in [3.05, 3.63) is 65.2 Å². The number of benzene rings is 1. The molecule has 2 unspecified atom stereocenters. The minimum atomic E-state index is -3.24. The third-order valence-corrected chi connectivity index (χ3v) is 11.2. The van der Waals surface area contributed by atoms with Crippen LogP contribution in [0.3, 0.4) is 0 Å². The molecule has 0 amide bonds. The second-order valence-corrected chi connectivity index (χ2v) is 13.8. The Labute approximate surface area is 195 Å². The predicted octanol–water partition coefficient (Wildman–Crippen LogP) is 4.78. The Bertz CT molecular complexity index is 972. The van der Waals surface area contributed by atoms with Crippen molar-refractivity contribution in [1.82, 2.24) is 9.80 Å². The summed E-state index contributed by atoms with van der Waals surface area (Å²) >= 11 is 3.68. The van der Waals surface area contributed by atoms with E-state index in [1.54, 1.807) is 24.3 Å². The van der Waals surface area contributed by atoms with E-state index in [2.05, 4.69) is 47.5 Å². The number of hydrogen-bond donors (Lipinski definition) is 0. The highest BCUT2D eigenvalue weighted by Crippen LogP contribution is 2.49. The summed E-state index contributed by atoms with van der Waals surface area (Å²) in [5.41, 5.74) is 2.79. The molecule has 168 valence electrons. The minimum Gasteiger partial charge on any atom is -0.371 e. The third-order valence-electron chi connectivity index (χ3n) is 6.17. The lowest BCUT2D eigenvalue weighted by molar-refractivity contribution is 0.334. The Balaban J connectivity index is 1.41. The molecule has 4 rings (SSSR count). The number of sulfone groups is 1. The second-order valence-electron chi connectivity index (χ2n) is 8.75. The molecule has 4 nitrogen and oxygen atoms in total. The predicted molar refractivity (Wildman–Crippen MR) is 134 cm³/mol. The summed E-state index contributed by atoms with van der Waals surface area (Å²) in [6, 6.07) is 9.34. The number of thioether (sulfide) groups is 2. The maximum absolute atomic E-state index is 12.7. The Kier molecular flexibility index (Phi) is 7.26. The molecule has 0 aromatic heterocycles. The molecule has 31 heavy (non-hydrogen) atoms. The summed E-state index contributed by atoms with van der Waals surface area (Å²) in [6.45, 7) is 5.20. The molecule has 1 saturated heterocycles. The highest BCUT2D eigenvalue weighted by Gasteiger charge is 2.37. The van der Waals surface area contributed by atoms with Crippen molar-refractivity contribution in [2.24, 2.45) is 0 Å². The van der Waals surface area contributed by atoms with Crippen LogP contribution < -0.4 is 0 Å². The van der Waals surface area contributed by atoms with Gasteiger partial charge in [0.15, 0.2) is 9.84 Å². The summed E-state index contributed by atoms with van der Waals surface area (Å²) in [7, 11) is -1.02. The van der Waals surface area contributed by atoms with Crippen LogP contribution in [0.2, 0.25) is 0 Å². The molecule has 0 saturated carbocycles. The first-order valence-corrected chi connectivity index (χ1v) is 14.5. The number of hydrogen-bond acceptors (Lipinski definition) is 6. The average Bonchev–Trinajstić information content (AvgIpc) is 3.34. The van der Waals surface area contributed by atoms with Gasteiger partial charge in [0.25, 0.3) is 0 Å². The van der Waals surface area contributed by atoms with Crippen molar-refractivity contribution in [3.8, 4) is 0 Å². The maximum atomic E-state index is 12.7. The second kappa shape index (κ2) is 9.77. The van der Waals surface area contributed by atoms with Gasteiger partial charge in [-0.2, -0.15) is 0 Å². The standard InChI is InChI=1S/C24H32N2O2S3/c1-20-16-24(30-18-20,29-14-15-31(27,28)22-9-4-3-5-10-22)19-26-13-6-8-21(17-26)23-11-7-12-25(23)2/h3-6,8-10,17-18,23H,7,11-16,19H2,1-2H3. The number of likely N-dealkylation sites (N-methyl/N-ethyl adjacent to an activating group) is 1. The minimum absolute atomic E-state index is 0.0232. The number of allylic oxidation sites excluding steroid dienone is 1. The molecule has 1 aromatic carbocycles. The van der Waals surface area contributed by atoms with Gasteiger partial charge in [-0.25, -0.2) is 8.42 Å². The Morgan fingerprint density at radius 1 is 1.26 bits per heavy atom. The van der Waals surface area contributed by atoms with E-state index in [4.69, 9.17) is 0 Å². The highest BCUT2D eigenvalue weighted by atomic mass is 32.2. The van der Waals surface area contributed by atoms with Crippen molar-refractivity contribution >= 4 is 33.4 Å². The quantitative estimate of drug-likeness (QED) is 0.538. The van der Waals surface area contributed by atoms with Crippen molar-refractivity contribution in [3.63, 3.8) is 0 Å². The van der Waals surface area contributed by atoms with E-state index in [9.17, 15) is 8.42 Å². The smallest absolute Gasteiger partial charge is 0.179 e. The first kappa shape index (κ1) is 23.0. The fraction of sp³-hybridized carbons (Fsp3) is 0.500. The van der Waals surface area contributed by atoms with Gasteiger partial charge in [-0.1, -0.05) is 35.9 Å². The fourth-order valence-corrected chi connectivity index (χ4v) is 9.30. The largest absolute Gasteiger partial charge is 0.371 e. The molecule has 3 heterocycles. The Hall–Kier alpha value is -1.15. The van der Waals surface area contributed by atoms with Gasteiger partial charge in [0.2, 0.25) is 0 Å². The van der Waals surface area contributed by atoms with Crippen LogP contribution in [0.4, 0.5) is 0 Å². The van der Waals surface area contributed by atoms with Crippen LogP contribution >= 0.6 is 23.5 Å².